The lowest BCUT2D eigenvalue weighted by atomic mass is 9.46. The fourth-order valence-electron chi connectivity index (χ4n) is 7.77. The van der Waals surface area contributed by atoms with Crippen molar-refractivity contribution in [1.29, 1.82) is 0 Å². The van der Waals surface area contributed by atoms with Crippen molar-refractivity contribution in [1.82, 2.24) is 4.90 Å². The predicted molar refractivity (Wildman–Crippen MR) is 132 cm³/mol. The predicted octanol–water partition coefficient (Wildman–Crippen LogP) is 4.84. The van der Waals surface area contributed by atoms with Crippen LogP contribution in [0.25, 0.3) is 0 Å². The number of nitrogens with zero attached hydrogens (tertiary/aromatic N) is 1. The molecule has 35 heavy (non-hydrogen) atoms. The van der Waals surface area contributed by atoms with E-state index < -0.39 is 12.0 Å². The van der Waals surface area contributed by atoms with Gasteiger partial charge in [0.25, 0.3) is 0 Å². The van der Waals surface area contributed by atoms with E-state index in [0.29, 0.717) is 31.6 Å². The van der Waals surface area contributed by atoms with E-state index in [1.54, 1.807) is 0 Å². The second-order valence-corrected chi connectivity index (χ2v) is 10.4. The van der Waals surface area contributed by atoms with Crippen molar-refractivity contribution in [2.24, 2.45) is 11.8 Å². The van der Waals surface area contributed by atoms with Gasteiger partial charge in [-0.2, -0.15) is 0 Å². The second kappa shape index (κ2) is 7.85. The normalized spacial score (nSPS) is 30.5. The summed E-state index contributed by atoms with van der Waals surface area (Å²) in [6, 6.07) is 24.8. The molecule has 0 amide bonds. The molecule has 5 nitrogen and oxygen atoms in total. The van der Waals surface area contributed by atoms with Gasteiger partial charge < -0.3 is 14.6 Å². The molecular formula is C30H29NO4. The minimum absolute atomic E-state index is 0.0000730. The molecule has 0 spiro atoms. The standard InChI is InChI=1S/C30H29NO4/c32-29(33)28-27-23(18-31(28)17-19-6-2-1-3-7-19)21-12-13-30(27,24-9-5-4-8-22(21)24)20-10-11-25-26(16-20)35-15-14-34-25/h1-11,16,21,23,27-28H,12-15,17-18H2,(H,32,33). The molecule has 5 atom stereocenters. The Balaban J connectivity index is 1.40. The first kappa shape index (κ1) is 21.0. The lowest BCUT2D eigenvalue weighted by molar-refractivity contribution is -0.145. The molecule has 2 fully saturated rings. The number of fused-ring (bicyclic) bond motifs is 2. The molecule has 3 aromatic rings. The third kappa shape index (κ3) is 3.00. The summed E-state index contributed by atoms with van der Waals surface area (Å²) in [5.74, 6) is 1.54. The zero-order valence-electron chi connectivity index (χ0n) is 19.6. The number of hydrogen-bond acceptors (Lipinski definition) is 4. The van der Waals surface area contributed by atoms with Crippen LogP contribution in [0.15, 0.2) is 72.8 Å². The molecule has 8 rings (SSSR count). The zero-order valence-corrected chi connectivity index (χ0v) is 19.6. The van der Waals surface area contributed by atoms with Crippen LogP contribution >= 0.6 is 0 Å². The van der Waals surface area contributed by atoms with E-state index in [4.69, 9.17) is 9.47 Å². The molecule has 5 heteroatoms. The number of carbonyl (C=O) groups is 1. The van der Waals surface area contributed by atoms with Crippen molar-refractivity contribution in [3.63, 3.8) is 0 Å². The molecule has 2 aliphatic heterocycles. The summed E-state index contributed by atoms with van der Waals surface area (Å²) in [6.45, 7) is 2.56. The van der Waals surface area contributed by atoms with Gasteiger partial charge in [-0.25, -0.2) is 0 Å². The molecule has 178 valence electrons. The number of rotatable bonds is 4. The molecule has 3 aromatic carbocycles. The number of carboxylic acid groups (broad SMARTS) is 1. The number of ether oxygens (including phenoxy) is 2. The van der Waals surface area contributed by atoms with Gasteiger partial charge in [-0.05, 0) is 59.1 Å². The number of aliphatic carboxylic acids is 1. The number of likely N-dealkylation sites (tertiary alicyclic amines) is 1. The minimum atomic E-state index is -0.713. The van der Waals surface area contributed by atoms with Crippen LogP contribution in [0.4, 0.5) is 0 Å². The molecule has 0 radical (unpaired) electrons. The first-order valence-corrected chi connectivity index (χ1v) is 12.7. The summed E-state index contributed by atoms with van der Waals surface area (Å²) in [6.07, 6.45) is 2.04. The molecule has 5 aliphatic rings. The van der Waals surface area contributed by atoms with Crippen molar-refractivity contribution in [2.45, 2.75) is 36.8 Å². The van der Waals surface area contributed by atoms with Crippen LogP contribution in [-0.2, 0) is 16.8 Å². The highest BCUT2D eigenvalue weighted by atomic mass is 16.6. The summed E-state index contributed by atoms with van der Waals surface area (Å²) < 4.78 is 11.8. The van der Waals surface area contributed by atoms with Crippen LogP contribution in [0.3, 0.4) is 0 Å². The summed E-state index contributed by atoms with van der Waals surface area (Å²) in [5, 5.41) is 10.6. The highest BCUT2D eigenvalue weighted by Crippen LogP contribution is 2.65. The van der Waals surface area contributed by atoms with Crippen molar-refractivity contribution in [3.8, 4) is 11.5 Å². The Labute approximate surface area is 205 Å². The molecule has 5 unspecified atom stereocenters. The highest BCUT2D eigenvalue weighted by molar-refractivity contribution is 5.76. The van der Waals surface area contributed by atoms with Crippen LogP contribution in [0.5, 0.6) is 11.5 Å². The molecule has 0 aromatic heterocycles. The van der Waals surface area contributed by atoms with Gasteiger partial charge in [0.1, 0.15) is 19.3 Å². The Kier molecular flexibility index (Phi) is 4.72. The van der Waals surface area contributed by atoms with Crippen LogP contribution in [0, 0.1) is 11.8 Å². The quantitative estimate of drug-likeness (QED) is 0.595. The van der Waals surface area contributed by atoms with Gasteiger partial charge in [-0.3, -0.25) is 9.69 Å². The van der Waals surface area contributed by atoms with Crippen LogP contribution in [-0.4, -0.2) is 41.8 Å². The summed E-state index contributed by atoms with van der Waals surface area (Å²) in [7, 11) is 0. The largest absolute Gasteiger partial charge is 0.486 e. The van der Waals surface area contributed by atoms with Gasteiger partial charge >= 0.3 is 5.97 Å². The first-order valence-electron chi connectivity index (χ1n) is 12.7. The smallest absolute Gasteiger partial charge is 0.321 e. The van der Waals surface area contributed by atoms with Crippen molar-refractivity contribution in [2.75, 3.05) is 19.8 Å². The zero-order chi connectivity index (χ0) is 23.6. The number of carboxylic acids is 1. The third-order valence-corrected chi connectivity index (χ3v) is 8.96. The molecule has 1 saturated heterocycles. The Bertz CT molecular complexity index is 1290. The van der Waals surface area contributed by atoms with E-state index in [-0.39, 0.29) is 11.3 Å². The van der Waals surface area contributed by atoms with E-state index in [2.05, 4.69) is 53.4 Å². The van der Waals surface area contributed by atoms with Gasteiger partial charge in [0, 0.05) is 24.4 Å². The molecule has 2 bridgehead atoms. The average Bonchev–Trinajstić information content (AvgIpc) is 3.30. The summed E-state index contributed by atoms with van der Waals surface area (Å²) >= 11 is 0. The van der Waals surface area contributed by atoms with Crippen LogP contribution in [0.1, 0.15) is 41.0 Å². The molecular weight excluding hydrogens is 438 g/mol. The first-order chi connectivity index (χ1) is 17.2. The monoisotopic (exact) mass is 467 g/mol. The second-order valence-electron chi connectivity index (χ2n) is 10.4. The Hall–Kier alpha value is -3.31. The number of hydrogen-bond donors (Lipinski definition) is 1. The fraction of sp³-hybridized carbons (Fsp3) is 0.367. The van der Waals surface area contributed by atoms with E-state index in [9.17, 15) is 9.90 Å². The average molecular weight is 468 g/mol. The SMILES string of the molecule is O=C(O)C1C2C(CN1Cc1ccccc1)C1CCC2(c2ccc3c(c2)OCCO3)c2ccccc21. The fourth-order valence-corrected chi connectivity index (χ4v) is 7.77. The van der Waals surface area contributed by atoms with E-state index >= 15 is 0 Å². The van der Waals surface area contributed by atoms with Gasteiger partial charge in [-0.1, -0.05) is 60.7 Å². The Morgan fingerprint density at radius 1 is 0.971 bits per heavy atom. The molecule has 3 aliphatic carbocycles. The number of benzene rings is 3. The molecule has 1 saturated carbocycles. The Morgan fingerprint density at radius 2 is 1.74 bits per heavy atom. The summed E-state index contributed by atoms with van der Waals surface area (Å²) in [4.78, 5) is 15.2. The maximum Gasteiger partial charge on any atom is 0.321 e. The maximum atomic E-state index is 13.0. The van der Waals surface area contributed by atoms with Crippen molar-refractivity contribution >= 4 is 5.97 Å². The van der Waals surface area contributed by atoms with Crippen LogP contribution < -0.4 is 9.47 Å². The maximum absolute atomic E-state index is 13.0. The lowest BCUT2D eigenvalue weighted by Crippen LogP contribution is -2.55. The van der Waals surface area contributed by atoms with Crippen molar-refractivity contribution < 1.29 is 19.4 Å². The summed E-state index contributed by atoms with van der Waals surface area (Å²) in [5.41, 5.74) is 4.67. The molecule has 2 heterocycles. The van der Waals surface area contributed by atoms with Crippen molar-refractivity contribution in [3.05, 3.63) is 95.1 Å². The van der Waals surface area contributed by atoms with E-state index in [0.717, 1.165) is 42.0 Å². The van der Waals surface area contributed by atoms with E-state index in [1.165, 1.54) is 11.1 Å². The molecule has 1 N–H and O–H groups in total. The van der Waals surface area contributed by atoms with Gasteiger partial charge in [-0.15, -0.1) is 0 Å². The van der Waals surface area contributed by atoms with Gasteiger partial charge in [0.05, 0.1) is 0 Å². The third-order valence-electron chi connectivity index (χ3n) is 8.96. The van der Waals surface area contributed by atoms with Crippen LogP contribution in [0.2, 0.25) is 0 Å². The van der Waals surface area contributed by atoms with Gasteiger partial charge in [0.2, 0.25) is 0 Å². The van der Waals surface area contributed by atoms with E-state index in [1.807, 2.05) is 24.3 Å². The minimum Gasteiger partial charge on any atom is -0.486 e. The topological polar surface area (TPSA) is 59.0 Å². The Morgan fingerprint density at radius 3 is 2.57 bits per heavy atom. The lowest BCUT2D eigenvalue weighted by Gasteiger charge is -2.56. The van der Waals surface area contributed by atoms with Gasteiger partial charge in [0.15, 0.2) is 11.5 Å². The highest BCUT2D eigenvalue weighted by Gasteiger charge is 2.64.